The second kappa shape index (κ2) is 5.86. The first kappa shape index (κ1) is 12.9. The normalized spacial score (nSPS) is 14.5. The van der Waals surface area contributed by atoms with E-state index < -0.39 is 0 Å². The number of unbranched alkanes of at least 4 members (excludes halogenated alkanes) is 1. The number of benzene rings is 1. The molecule has 0 nitrogen and oxygen atoms in total. The highest BCUT2D eigenvalue weighted by Gasteiger charge is 2.15. The van der Waals surface area contributed by atoms with Gasteiger partial charge in [-0.15, -0.1) is 0 Å². The van der Waals surface area contributed by atoms with Gasteiger partial charge in [-0.3, -0.25) is 0 Å². The summed E-state index contributed by atoms with van der Waals surface area (Å²) in [5, 5.41) is 0. The minimum atomic E-state index is 1.17. The highest BCUT2D eigenvalue weighted by atomic mass is 14.2. The van der Waals surface area contributed by atoms with Crippen molar-refractivity contribution in [2.24, 2.45) is 0 Å². The Morgan fingerprint density at radius 3 is 2.11 bits per heavy atom. The van der Waals surface area contributed by atoms with E-state index in [-0.39, 0.29) is 0 Å². The van der Waals surface area contributed by atoms with Crippen molar-refractivity contribution in [2.75, 3.05) is 0 Å². The quantitative estimate of drug-likeness (QED) is 0.646. The second-order valence-corrected chi connectivity index (χ2v) is 5.02. The van der Waals surface area contributed by atoms with Crippen molar-refractivity contribution in [3.05, 3.63) is 64.8 Å². The topological polar surface area (TPSA) is 0 Å². The van der Waals surface area contributed by atoms with E-state index in [4.69, 9.17) is 0 Å². The molecule has 0 amide bonds. The van der Waals surface area contributed by atoms with Crippen molar-refractivity contribution in [3.63, 3.8) is 0 Å². The highest BCUT2D eigenvalue weighted by molar-refractivity contribution is 5.78. The summed E-state index contributed by atoms with van der Waals surface area (Å²) >= 11 is 0. The van der Waals surface area contributed by atoms with E-state index in [2.05, 4.69) is 63.3 Å². The Kier molecular flexibility index (Phi) is 4.19. The molecule has 0 saturated carbocycles. The average Bonchev–Trinajstić information content (AvgIpc) is 2.72. The van der Waals surface area contributed by atoms with Crippen molar-refractivity contribution < 1.29 is 0 Å². The van der Waals surface area contributed by atoms with Crippen LogP contribution in [0.5, 0.6) is 0 Å². The van der Waals surface area contributed by atoms with E-state index in [0.717, 1.165) is 0 Å². The summed E-state index contributed by atoms with van der Waals surface area (Å²) < 4.78 is 0. The maximum absolute atomic E-state index is 2.26. The van der Waals surface area contributed by atoms with Crippen LogP contribution in [0.4, 0.5) is 0 Å². The molecule has 0 saturated heterocycles. The lowest BCUT2D eigenvalue weighted by Crippen LogP contribution is -1.94. The molecule has 1 aliphatic carbocycles. The molecule has 0 N–H and O–H groups in total. The second-order valence-electron chi connectivity index (χ2n) is 5.02. The molecular weight excluding hydrogens is 216 g/mol. The van der Waals surface area contributed by atoms with Gasteiger partial charge >= 0.3 is 0 Å². The van der Waals surface area contributed by atoms with Gasteiger partial charge in [0.15, 0.2) is 0 Å². The van der Waals surface area contributed by atoms with Crippen LogP contribution < -0.4 is 0 Å². The fourth-order valence-electron chi connectivity index (χ4n) is 2.61. The lowest BCUT2D eigenvalue weighted by atomic mass is 9.90. The Bertz CT molecular complexity index is 478. The molecule has 0 aliphatic heterocycles. The molecule has 0 spiro atoms. The number of hydrogen-bond acceptors (Lipinski definition) is 0. The van der Waals surface area contributed by atoms with Gasteiger partial charge in [-0.2, -0.15) is 0 Å². The predicted octanol–water partition coefficient (Wildman–Crippen LogP) is 5.54. The summed E-state index contributed by atoms with van der Waals surface area (Å²) in [6.45, 7) is 6.70. The van der Waals surface area contributed by atoms with Crippen LogP contribution in [0.2, 0.25) is 0 Å². The summed E-state index contributed by atoms with van der Waals surface area (Å²) in [6.07, 6.45) is 8.15. The van der Waals surface area contributed by atoms with Crippen LogP contribution in [0.25, 0.3) is 5.57 Å². The number of rotatable bonds is 4. The van der Waals surface area contributed by atoms with E-state index in [0.29, 0.717) is 0 Å². The summed E-state index contributed by atoms with van der Waals surface area (Å²) in [5.41, 5.74) is 7.17. The fraction of sp³-hybridized carbons (Fsp3) is 0.333. The lowest BCUT2D eigenvalue weighted by Gasteiger charge is -2.14. The van der Waals surface area contributed by atoms with Crippen LogP contribution >= 0.6 is 0 Å². The Morgan fingerprint density at radius 2 is 1.56 bits per heavy atom. The third-order valence-electron chi connectivity index (χ3n) is 3.58. The molecule has 0 heteroatoms. The van der Waals surface area contributed by atoms with Crippen molar-refractivity contribution in [1.82, 2.24) is 0 Å². The zero-order valence-corrected chi connectivity index (χ0v) is 11.7. The first-order chi connectivity index (χ1) is 8.74. The van der Waals surface area contributed by atoms with E-state index in [1.54, 1.807) is 0 Å². The van der Waals surface area contributed by atoms with Gasteiger partial charge in [-0.05, 0) is 54.5 Å². The standard InChI is InChI=1S/C18H22/c1-4-5-11-17(16-9-7-6-8-10-16)18-14(2)12-13-15(18)3/h6-10,12-13H,4-5,11H2,1-3H3. The molecule has 0 radical (unpaired) electrons. The van der Waals surface area contributed by atoms with Gasteiger partial charge < -0.3 is 0 Å². The SMILES string of the molecule is CCCCC(=C1C(C)=CC=C1C)c1ccccc1. The Morgan fingerprint density at radius 1 is 0.944 bits per heavy atom. The smallest absolute Gasteiger partial charge is 0.0160 e. The zero-order chi connectivity index (χ0) is 13.0. The summed E-state index contributed by atoms with van der Waals surface area (Å²) in [5.74, 6) is 0. The molecule has 1 aliphatic rings. The van der Waals surface area contributed by atoms with Gasteiger partial charge in [0.25, 0.3) is 0 Å². The molecule has 1 aromatic rings. The molecule has 0 heterocycles. The Labute approximate surface area is 111 Å². The molecule has 0 unspecified atom stereocenters. The fourth-order valence-corrected chi connectivity index (χ4v) is 2.61. The van der Waals surface area contributed by atoms with Crippen LogP contribution in [-0.4, -0.2) is 0 Å². The van der Waals surface area contributed by atoms with Gasteiger partial charge in [0.2, 0.25) is 0 Å². The molecule has 94 valence electrons. The number of hydrogen-bond donors (Lipinski definition) is 0. The summed E-state index contributed by atoms with van der Waals surface area (Å²) in [6, 6.07) is 10.8. The first-order valence-electron chi connectivity index (χ1n) is 6.88. The monoisotopic (exact) mass is 238 g/mol. The minimum Gasteiger partial charge on any atom is -0.0654 e. The lowest BCUT2D eigenvalue weighted by molar-refractivity contribution is 0.822. The van der Waals surface area contributed by atoms with Gasteiger partial charge in [-0.1, -0.05) is 55.8 Å². The first-order valence-corrected chi connectivity index (χ1v) is 6.88. The van der Waals surface area contributed by atoms with Crippen LogP contribution in [0, 0.1) is 0 Å². The molecule has 0 bridgehead atoms. The van der Waals surface area contributed by atoms with Gasteiger partial charge in [-0.25, -0.2) is 0 Å². The maximum Gasteiger partial charge on any atom is -0.0160 e. The summed E-state index contributed by atoms with van der Waals surface area (Å²) in [4.78, 5) is 0. The minimum absolute atomic E-state index is 1.17. The third kappa shape index (κ3) is 2.64. The van der Waals surface area contributed by atoms with Crippen molar-refractivity contribution in [3.8, 4) is 0 Å². The van der Waals surface area contributed by atoms with Crippen LogP contribution in [-0.2, 0) is 0 Å². The van der Waals surface area contributed by atoms with Gasteiger partial charge in [0.05, 0.1) is 0 Å². The zero-order valence-electron chi connectivity index (χ0n) is 11.7. The molecule has 0 aromatic heterocycles. The predicted molar refractivity (Wildman–Crippen MR) is 80.4 cm³/mol. The Hall–Kier alpha value is -1.56. The van der Waals surface area contributed by atoms with Crippen LogP contribution in [0.3, 0.4) is 0 Å². The number of allylic oxidation sites excluding steroid dienone is 6. The Balaban J connectivity index is 2.46. The summed E-state index contributed by atoms with van der Waals surface area (Å²) in [7, 11) is 0. The molecule has 0 fully saturated rings. The largest absolute Gasteiger partial charge is 0.0654 e. The molecule has 2 rings (SSSR count). The van der Waals surface area contributed by atoms with Crippen molar-refractivity contribution in [1.29, 1.82) is 0 Å². The van der Waals surface area contributed by atoms with E-state index in [1.807, 2.05) is 0 Å². The van der Waals surface area contributed by atoms with Crippen molar-refractivity contribution >= 4 is 5.57 Å². The van der Waals surface area contributed by atoms with Gasteiger partial charge in [0, 0.05) is 0 Å². The van der Waals surface area contributed by atoms with E-state index in [1.165, 1.54) is 47.1 Å². The third-order valence-corrected chi connectivity index (χ3v) is 3.58. The van der Waals surface area contributed by atoms with E-state index in [9.17, 15) is 0 Å². The highest BCUT2D eigenvalue weighted by Crippen LogP contribution is 2.35. The van der Waals surface area contributed by atoms with Gasteiger partial charge in [0.1, 0.15) is 0 Å². The van der Waals surface area contributed by atoms with Crippen LogP contribution in [0.1, 0.15) is 45.6 Å². The molecular formula is C18H22. The van der Waals surface area contributed by atoms with E-state index >= 15 is 0 Å². The average molecular weight is 238 g/mol. The molecule has 0 atom stereocenters. The van der Waals surface area contributed by atoms with Crippen LogP contribution in [0.15, 0.2) is 59.2 Å². The maximum atomic E-state index is 2.26. The molecule has 1 aromatic carbocycles. The van der Waals surface area contributed by atoms with Crippen molar-refractivity contribution in [2.45, 2.75) is 40.0 Å². The molecule has 18 heavy (non-hydrogen) atoms.